The Morgan fingerprint density at radius 1 is 0.923 bits per heavy atom. The van der Waals surface area contributed by atoms with Crippen LogP contribution in [0, 0.1) is 0 Å². The zero-order valence-corrected chi connectivity index (χ0v) is 15.0. The summed E-state index contributed by atoms with van der Waals surface area (Å²) < 4.78 is 26.7. The van der Waals surface area contributed by atoms with Crippen molar-refractivity contribution in [3.05, 3.63) is 41.5 Å². The Kier molecular flexibility index (Phi) is 6.43. The molecule has 0 amide bonds. The first-order chi connectivity index (χ1) is 12.5. The Hall–Kier alpha value is -3.22. The largest absolute Gasteiger partial charge is 0.493 e. The predicted molar refractivity (Wildman–Crippen MR) is 93.6 cm³/mol. The minimum atomic E-state index is -0.481. The molecule has 26 heavy (non-hydrogen) atoms. The summed E-state index contributed by atoms with van der Waals surface area (Å²) in [7, 11) is 4.43. The fourth-order valence-electron chi connectivity index (χ4n) is 2.30. The van der Waals surface area contributed by atoms with Gasteiger partial charge in [-0.25, -0.2) is 0 Å². The van der Waals surface area contributed by atoms with E-state index >= 15 is 0 Å². The standard InChI is InChI=1S/C19H20O7/c1-12(21)26-19-17(23-3)8-14(9-18(19)24-4)11-25-15-6-5-13(10-20)7-16(15)22-2/h5-10H,11H2,1-4H3. The quantitative estimate of drug-likeness (QED) is 0.407. The molecule has 0 fully saturated rings. The van der Waals surface area contributed by atoms with Gasteiger partial charge in [-0.1, -0.05) is 0 Å². The van der Waals surface area contributed by atoms with Gasteiger partial charge in [0.2, 0.25) is 5.75 Å². The van der Waals surface area contributed by atoms with E-state index in [0.717, 1.165) is 11.8 Å². The molecule has 2 rings (SSSR count). The molecule has 138 valence electrons. The van der Waals surface area contributed by atoms with Gasteiger partial charge in [0.05, 0.1) is 21.3 Å². The summed E-state index contributed by atoms with van der Waals surface area (Å²) in [5.74, 6) is 1.36. The molecular weight excluding hydrogens is 340 g/mol. The van der Waals surface area contributed by atoms with Crippen LogP contribution in [0.5, 0.6) is 28.7 Å². The number of methoxy groups -OCH3 is 3. The molecule has 2 aromatic carbocycles. The average Bonchev–Trinajstić information content (AvgIpc) is 2.66. The maximum absolute atomic E-state index is 11.3. The van der Waals surface area contributed by atoms with Gasteiger partial charge in [-0.2, -0.15) is 0 Å². The van der Waals surface area contributed by atoms with Gasteiger partial charge in [-0.3, -0.25) is 9.59 Å². The molecule has 0 heterocycles. The van der Waals surface area contributed by atoms with Crippen molar-refractivity contribution >= 4 is 12.3 Å². The molecule has 0 radical (unpaired) electrons. The molecule has 0 N–H and O–H groups in total. The number of carbonyl (C=O) groups is 2. The number of aldehydes is 1. The van der Waals surface area contributed by atoms with E-state index in [1.807, 2.05) is 0 Å². The number of benzene rings is 2. The summed E-state index contributed by atoms with van der Waals surface area (Å²) >= 11 is 0. The van der Waals surface area contributed by atoms with Gasteiger partial charge in [0, 0.05) is 12.5 Å². The molecular formula is C19H20O7. The zero-order chi connectivity index (χ0) is 19.1. The van der Waals surface area contributed by atoms with Gasteiger partial charge in [0.1, 0.15) is 12.9 Å². The van der Waals surface area contributed by atoms with Crippen molar-refractivity contribution < 1.29 is 33.3 Å². The van der Waals surface area contributed by atoms with Gasteiger partial charge in [-0.15, -0.1) is 0 Å². The molecule has 0 aliphatic heterocycles. The van der Waals surface area contributed by atoms with E-state index in [2.05, 4.69) is 0 Å². The van der Waals surface area contributed by atoms with Crippen LogP contribution in [0.2, 0.25) is 0 Å². The zero-order valence-electron chi connectivity index (χ0n) is 15.0. The highest BCUT2D eigenvalue weighted by molar-refractivity contribution is 5.76. The normalized spacial score (nSPS) is 10.0. The molecule has 0 aliphatic rings. The number of carbonyl (C=O) groups excluding carboxylic acids is 2. The third-order valence-corrected chi connectivity index (χ3v) is 3.48. The van der Waals surface area contributed by atoms with Gasteiger partial charge in [0.15, 0.2) is 23.0 Å². The van der Waals surface area contributed by atoms with Crippen LogP contribution in [-0.2, 0) is 11.4 Å². The van der Waals surface area contributed by atoms with E-state index in [0.29, 0.717) is 28.6 Å². The summed E-state index contributed by atoms with van der Waals surface area (Å²) in [5, 5.41) is 0. The lowest BCUT2D eigenvalue weighted by atomic mass is 10.2. The van der Waals surface area contributed by atoms with Gasteiger partial charge in [-0.05, 0) is 35.9 Å². The fourth-order valence-corrected chi connectivity index (χ4v) is 2.30. The molecule has 7 nitrogen and oxygen atoms in total. The predicted octanol–water partition coefficient (Wildman–Crippen LogP) is 3.03. The van der Waals surface area contributed by atoms with Crippen molar-refractivity contribution in [3.8, 4) is 28.7 Å². The van der Waals surface area contributed by atoms with E-state index in [-0.39, 0.29) is 12.4 Å². The van der Waals surface area contributed by atoms with Gasteiger partial charge < -0.3 is 23.7 Å². The average molecular weight is 360 g/mol. The maximum atomic E-state index is 11.3. The van der Waals surface area contributed by atoms with Crippen molar-refractivity contribution in [2.75, 3.05) is 21.3 Å². The monoisotopic (exact) mass is 360 g/mol. The van der Waals surface area contributed by atoms with E-state index < -0.39 is 5.97 Å². The molecule has 0 atom stereocenters. The Morgan fingerprint density at radius 3 is 2.04 bits per heavy atom. The van der Waals surface area contributed by atoms with E-state index in [1.165, 1.54) is 28.3 Å². The molecule has 0 aromatic heterocycles. The Bertz CT molecular complexity index is 773. The van der Waals surface area contributed by atoms with E-state index in [4.69, 9.17) is 23.7 Å². The number of rotatable bonds is 8. The topological polar surface area (TPSA) is 80.3 Å². The van der Waals surface area contributed by atoms with Crippen LogP contribution >= 0.6 is 0 Å². The first kappa shape index (κ1) is 19.1. The summed E-state index contributed by atoms with van der Waals surface area (Å²) in [4.78, 5) is 22.1. The van der Waals surface area contributed by atoms with Crippen LogP contribution in [0.1, 0.15) is 22.8 Å². The lowest BCUT2D eigenvalue weighted by Gasteiger charge is -2.15. The first-order valence-corrected chi connectivity index (χ1v) is 7.71. The van der Waals surface area contributed by atoms with Gasteiger partial charge >= 0.3 is 5.97 Å². The van der Waals surface area contributed by atoms with Crippen LogP contribution < -0.4 is 23.7 Å². The third-order valence-electron chi connectivity index (χ3n) is 3.48. The smallest absolute Gasteiger partial charge is 0.308 e. The van der Waals surface area contributed by atoms with Crippen LogP contribution in [0.4, 0.5) is 0 Å². The second kappa shape index (κ2) is 8.75. The van der Waals surface area contributed by atoms with Crippen LogP contribution in [0.25, 0.3) is 0 Å². The SMILES string of the molecule is COc1cc(C=O)ccc1OCc1cc(OC)c(OC(C)=O)c(OC)c1. The van der Waals surface area contributed by atoms with E-state index in [9.17, 15) is 9.59 Å². The Morgan fingerprint density at radius 2 is 1.54 bits per heavy atom. The van der Waals surface area contributed by atoms with Crippen LogP contribution in [0.3, 0.4) is 0 Å². The molecule has 0 bridgehead atoms. The molecule has 2 aromatic rings. The lowest BCUT2D eigenvalue weighted by Crippen LogP contribution is -2.06. The summed E-state index contributed by atoms with van der Waals surface area (Å²) in [6.07, 6.45) is 0.732. The second-order valence-corrected chi connectivity index (χ2v) is 5.24. The molecule has 0 spiro atoms. The molecule has 0 aliphatic carbocycles. The molecule has 0 unspecified atom stereocenters. The van der Waals surface area contributed by atoms with Crippen molar-refractivity contribution in [2.24, 2.45) is 0 Å². The third kappa shape index (κ3) is 4.44. The van der Waals surface area contributed by atoms with Crippen LogP contribution in [0.15, 0.2) is 30.3 Å². The minimum absolute atomic E-state index is 0.184. The van der Waals surface area contributed by atoms with E-state index in [1.54, 1.807) is 30.3 Å². The fraction of sp³-hybridized carbons (Fsp3) is 0.263. The van der Waals surface area contributed by atoms with Crippen molar-refractivity contribution in [3.63, 3.8) is 0 Å². The lowest BCUT2D eigenvalue weighted by molar-refractivity contribution is -0.132. The first-order valence-electron chi connectivity index (χ1n) is 7.71. The van der Waals surface area contributed by atoms with Crippen LogP contribution in [-0.4, -0.2) is 33.6 Å². The molecule has 0 saturated carbocycles. The Balaban J connectivity index is 2.27. The maximum Gasteiger partial charge on any atom is 0.308 e. The van der Waals surface area contributed by atoms with Crippen molar-refractivity contribution in [2.45, 2.75) is 13.5 Å². The number of hydrogen-bond donors (Lipinski definition) is 0. The highest BCUT2D eigenvalue weighted by Crippen LogP contribution is 2.39. The van der Waals surface area contributed by atoms with Crippen molar-refractivity contribution in [1.29, 1.82) is 0 Å². The van der Waals surface area contributed by atoms with Crippen molar-refractivity contribution in [1.82, 2.24) is 0 Å². The highest BCUT2D eigenvalue weighted by Gasteiger charge is 2.17. The minimum Gasteiger partial charge on any atom is -0.493 e. The Labute approximate surface area is 151 Å². The van der Waals surface area contributed by atoms with Gasteiger partial charge in [0.25, 0.3) is 0 Å². The number of esters is 1. The molecule has 0 saturated heterocycles. The summed E-state index contributed by atoms with van der Waals surface area (Å²) in [5.41, 5.74) is 1.22. The summed E-state index contributed by atoms with van der Waals surface area (Å²) in [6.45, 7) is 1.48. The molecule has 7 heteroatoms. The highest BCUT2D eigenvalue weighted by atomic mass is 16.6. The second-order valence-electron chi connectivity index (χ2n) is 5.24. The number of ether oxygens (including phenoxy) is 5. The summed E-state index contributed by atoms with van der Waals surface area (Å²) in [6, 6.07) is 8.26. The number of hydrogen-bond acceptors (Lipinski definition) is 7.